The molecule has 0 unspecified atom stereocenters. The van der Waals surface area contributed by atoms with Gasteiger partial charge in [-0.05, 0) is 56.1 Å². The van der Waals surface area contributed by atoms with Gasteiger partial charge in [0.05, 0.1) is 0 Å². The van der Waals surface area contributed by atoms with Crippen LogP contribution in [0.3, 0.4) is 0 Å². The third kappa shape index (κ3) is 2.70. The summed E-state index contributed by atoms with van der Waals surface area (Å²) in [5.41, 5.74) is 4.45. The zero-order chi connectivity index (χ0) is 13.2. The Morgan fingerprint density at radius 3 is 2.68 bits per heavy atom. The van der Waals surface area contributed by atoms with E-state index in [2.05, 4.69) is 10.5 Å². The Bertz CT molecular complexity index is 492. The lowest BCUT2D eigenvalue weighted by molar-refractivity contribution is 0.0955. The number of hydrogen-bond acceptors (Lipinski definition) is 2. The molecule has 0 aliphatic heterocycles. The van der Waals surface area contributed by atoms with Crippen LogP contribution in [0.25, 0.3) is 0 Å². The summed E-state index contributed by atoms with van der Waals surface area (Å²) in [4.78, 5) is 11.9. The predicted octanol–water partition coefficient (Wildman–Crippen LogP) is 3.15. The topological polar surface area (TPSA) is 41.5 Å². The van der Waals surface area contributed by atoms with Gasteiger partial charge in [-0.1, -0.05) is 24.1 Å². The number of nitrogens with zero attached hydrogens (tertiary/aromatic N) is 1. The zero-order valence-electron chi connectivity index (χ0n) is 11.3. The van der Waals surface area contributed by atoms with E-state index in [1.807, 2.05) is 37.4 Å². The molecule has 19 heavy (non-hydrogen) atoms. The third-order valence-electron chi connectivity index (χ3n) is 4.54. The molecule has 2 saturated carbocycles. The van der Waals surface area contributed by atoms with Crippen LogP contribution in [0.2, 0.25) is 0 Å². The fourth-order valence-electron chi connectivity index (χ4n) is 3.44. The van der Waals surface area contributed by atoms with E-state index in [1.165, 1.54) is 25.7 Å². The van der Waals surface area contributed by atoms with E-state index in [0.717, 1.165) is 17.4 Å². The molecule has 0 spiro atoms. The van der Waals surface area contributed by atoms with E-state index in [0.29, 0.717) is 11.5 Å². The zero-order valence-corrected chi connectivity index (χ0v) is 11.3. The van der Waals surface area contributed by atoms with Crippen molar-refractivity contribution < 1.29 is 4.79 Å². The molecule has 3 rings (SSSR count). The maximum Gasteiger partial charge on any atom is 0.271 e. The van der Waals surface area contributed by atoms with E-state index in [1.54, 1.807) is 0 Å². The molecular formula is C16H20N2O. The van der Waals surface area contributed by atoms with Gasteiger partial charge in [-0.2, -0.15) is 5.10 Å². The number of hydrogen-bond donors (Lipinski definition) is 1. The summed E-state index contributed by atoms with van der Waals surface area (Å²) in [6.45, 7) is 2.01. The van der Waals surface area contributed by atoms with Crippen molar-refractivity contribution in [3.8, 4) is 0 Å². The van der Waals surface area contributed by atoms with Gasteiger partial charge < -0.3 is 0 Å². The molecule has 3 heteroatoms. The second-order valence-electron chi connectivity index (χ2n) is 5.92. The number of fused-ring (bicyclic) bond motifs is 2. The minimum Gasteiger partial charge on any atom is -0.267 e. The van der Waals surface area contributed by atoms with E-state index in [9.17, 15) is 4.79 Å². The molecule has 1 aromatic carbocycles. The molecule has 2 aliphatic rings. The van der Waals surface area contributed by atoms with Crippen molar-refractivity contribution in [3.05, 3.63) is 35.4 Å². The number of carbonyl (C=O) groups is 1. The molecule has 3 nitrogen and oxygen atoms in total. The highest BCUT2D eigenvalue weighted by atomic mass is 16.2. The summed E-state index contributed by atoms with van der Waals surface area (Å²) in [5.74, 6) is 2.18. The number of aryl methyl sites for hydroxylation is 1. The van der Waals surface area contributed by atoms with Crippen LogP contribution in [0.15, 0.2) is 29.4 Å². The third-order valence-corrected chi connectivity index (χ3v) is 4.54. The van der Waals surface area contributed by atoms with Crippen LogP contribution in [0.4, 0.5) is 0 Å². The largest absolute Gasteiger partial charge is 0.271 e. The van der Waals surface area contributed by atoms with Crippen LogP contribution in [0.1, 0.15) is 41.6 Å². The molecule has 2 fully saturated rings. The number of rotatable bonds is 3. The van der Waals surface area contributed by atoms with Gasteiger partial charge in [0.15, 0.2) is 0 Å². The highest BCUT2D eigenvalue weighted by Crippen LogP contribution is 2.47. The molecule has 1 aromatic rings. The normalized spacial score (nSPS) is 29.0. The fourth-order valence-corrected chi connectivity index (χ4v) is 3.44. The molecule has 2 aliphatic carbocycles. The predicted molar refractivity (Wildman–Crippen MR) is 76.1 cm³/mol. The highest BCUT2D eigenvalue weighted by Gasteiger charge is 2.38. The quantitative estimate of drug-likeness (QED) is 0.655. The minimum absolute atomic E-state index is 0.126. The lowest BCUT2D eigenvalue weighted by Gasteiger charge is -2.16. The van der Waals surface area contributed by atoms with E-state index in [4.69, 9.17) is 0 Å². The first-order valence-corrected chi connectivity index (χ1v) is 7.12. The van der Waals surface area contributed by atoms with Crippen molar-refractivity contribution in [2.75, 3.05) is 0 Å². The van der Waals surface area contributed by atoms with Crippen LogP contribution in [-0.2, 0) is 0 Å². The molecule has 0 heterocycles. The van der Waals surface area contributed by atoms with Gasteiger partial charge in [-0.15, -0.1) is 0 Å². The Balaban J connectivity index is 1.54. The first-order chi connectivity index (χ1) is 9.22. The van der Waals surface area contributed by atoms with Crippen molar-refractivity contribution in [2.24, 2.45) is 22.9 Å². The molecule has 2 bridgehead atoms. The van der Waals surface area contributed by atoms with Gasteiger partial charge in [0.25, 0.3) is 5.91 Å². The van der Waals surface area contributed by atoms with Crippen molar-refractivity contribution in [2.45, 2.75) is 32.6 Å². The van der Waals surface area contributed by atoms with Gasteiger partial charge in [0.2, 0.25) is 0 Å². The number of amides is 1. The van der Waals surface area contributed by atoms with Gasteiger partial charge in [0, 0.05) is 11.8 Å². The van der Waals surface area contributed by atoms with Gasteiger partial charge in [0.1, 0.15) is 0 Å². The number of benzene rings is 1. The maximum atomic E-state index is 11.9. The summed E-state index contributed by atoms with van der Waals surface area (Å²) in [5, 5.41) is 4.15. The van der Waals surface area contributed by atoms with Crippen LogP contribution in [0.5, 0.6) is 0 Å². The van der Waals surface area contributed by atoms with Crippen LogP contribution in [-0.4, -0.2) is 12.1 Å². The number of nitrogens with one attached hydrogen (secondary N) is 1. The molecule has 3 atom stereocenters. The van der Waals surface area contributed by atoms with Crippen molar-refractivity contribution in [1.82, 2.24) is 5.43 Å². The molecule has 0 aromatic heterocycles. The van der Waals surface area contributed by atoms with Crippen molar-refractivity contribution in [3.63, 3.8) is 0 Å². The van der Waals surface area contributed by atoms with Crippen LogP contribution in [0, 0.1) is 24.7 Å². The summed E-state index contributed by atoms with van der Waals surface area (Å²) < 4.78 is 0. The highest BCUT2D eigenvalue weighted by molar-refractivity contribution is 5.94. The molecule has 100 valence electrons. The molecule has 0 radical (unpaired) electrons. The summed E-state index contributed by atoms with van der Waals surface area (Å²) >= 11 is 0. The first-order valence-electron chi connectivity index (χ1n) is 7.12. The Kier molecular flexibility index (Phi) is 3.36. The van der Waals surface area contributed by atoms with Crippen molar-refractivity contribution >= 4 is 12.1 Å². The lowest BCUT2D eigenvalue weighted by Crippen LogP contribution is -2.20. The van der Waals surface area contributed by atoms with Gasteiger partial charge in [-0.3, -0.25) is 4.79 Å². The van der Waals surface area contributed by atoms with Crippen molar-refractivity contribution in [1.29, 1.82) is 0 Å². The number of hydrazone groups is 1. The average molecular weight is 256 g/mol. The maximum absolute atomic E-state index is 11.9. The first kappa shape index (κ1) is 12.4. The minimum atomic E-state index is -0.126. The summed E-state index contributed by atoms with van der Waals surface area (Å²) in [7, 11) is 0. The second kappa shape index (κ2) is 5.16. The average Bonchev–Trinajstić information content (AvgIpc) is 3.02. The standard InChI is InChI=1S/C16H20N2O/c1-11-2-5-13(6-3-11)16(19)18-17-10-15-9-12-4-7-14(15)8-12/h2-3,5-6,10,12,14-15H,4,7-9H2,1H3,(H,18,19)/b17-10-/t12-,14-,15-/m1/s1. The Labute approximate surface area is 114 Å². The summed E-state index contributed by atoms with van der Waals surface area (Å²) in [6.07, 6.45) is 7.31. The second-order valence-corrected chi connectivity index (χ2v) is 5.92. The molecule has 0 saturated heterocycles. The lowest BCUT2D eigenvalue weighted by atomic mass is 9.90. The Hall–Kier alpha value is -1.64. The molecule has 1 amide bonds. The van der Waals surface area contributed by atoms with Gasteiger partial charge in [-0.25, -0.2) is 5.43 Å². The molecular weight excluding hydrogens is 236 g/mol. The Morgan fingerprint density at radius 2 is 2.05 bits per heavy atom. The van der Waals surface area contributed by atoms with Crippen LogP contribution < -0.4 is 5.43 Å². The Morgan fingerprint density at radius 1 is 1.26 bits per heavy atom. The van der Waals surface area contributed by atoms with Crippen LogP contribution >= 0.6 is 0 Å². The number of carbonyl (C=O) groups excluding carboxylic acids is 1. The van der Waals surface area contributed by atoms with Gasteiger partial charge >= 0.3 is 0 Å². The van der Waals surface area contributed by atoms with E-state index >= 15 is 0 Å². The van der Waals surface area contributed by atoms with E-state index in [-0.39, 0.29) is 5.91 Å². The smallest absolute Gasteiger partial charge is 0.267 e. The SMILES string of the molecule is Cc1ccc(C(=O)N/N=C\[C@H]2C[C@@H]3CC[C@@H]2C3)cc1. The molecule has 1 N–H and O–H groups in total. The fraction of sp³-hybridized carbons (Fsp3) is 0.500. The summed E-state index contributed by atoms with van der Waals surface area (Å²) in [6, 6.07) is 7.54. The monoisotopic (exact) mass is 256 g/mol. The van der Waals surface area contributed by atoms with E-state index < -0.39 is 0 Å².